The third-order valence-electron chi connectivity index (χ3n) is 4.66. The minimum absolute atomic E-state index is 0.163. The molecule has 5 heteroatoms. The minimum Gasteiger partial charge on any atom is -0.356 e. The van der Waals surface area contributed by atoms with Crippen LogP contribution >= 0.6 is 0 Å². The molecular formula is C18H26N4O. The van der Waals surface area contributed by atoms with Crippen molar-refractivity contribution in [3.05, 3.63) is 30.1 Å². The number of imidazole rings is 1. The molecule has 1 aliphatic heterocycles. The highest BCUT2D eigenvalue weighted by molar-refractivity contribution is 5.76. The van der Waals surface area contributed by atoms with E-state index in [2.05, 4.69) is 28.2 Å². The molecule has 1 aliphatic rings. The Kier molecular flexibility index (Phi) is 5.28. The van der Waals surface area contributed by atoms with E-state index in [1.807, 2.05) is 18.2 Å². The Morgan fingerprint density at radius 2 is 2.30 bits per heavy atom. The van der Waals surface area contributed by atoms with E-state index < -0.39 is 0 Å². The average molecular weight is 314 g/mol. The van der Waals surface area contributed by atoms with Crippen molar-refractivity contribution < 1.29 is 4.79 Å². The molecule has 1 aromatic carbocycles. The van der Waals surface area contributed by atoms with Gasteiger partial charge in [-0.25, -0.2) is 4.98 Å². The Bertz CT molecular complexity index is 658. The molecule has 5 nitrogen and oxygen atoms in total. The summed E-state index contributed by atoms with van der Waals surface area (Å²) in [6, 6.07) is 8.20. The predicted octanol–water partition coefficient (Wildman–Crippen LogP) is 2.10. The van der Waals surface area contributed by atoms with Crippen molar-refractivity contribution in [3.63, 3.8) is 0 Å². The van der Waals surface area contributed by atoms with Crippen LogP contribution in [-0.4, -0.2) is 35.1 Å². The first-order valence-corrected chi connectivity index (χ1v) is 8.69. The number of hydrogen-bond donors (Lipinski definition) is 2. The number of rotatable bonds is 7. The molecule has 0 bridgehead atoms. The van der Waals surface area contributed by atoms with Gasteiger partial charge < -0.3 is 15.2 Å². The van der Waals surface area contributed by atoms with Gasteiger partial charge in [0.15, 0.2) is 0 Å². The van der Waals surface area contributed by atoms with Gasteiger partial charge in [0.05, 0.1) is 11.0 Å². The van der Waals surface area contributed by atoms with E-state index in [1.54, 1.807) is 0 Å². The van der Waals surface area contributed by atoms with Gasteiger partial charge in [0.2, 0.25) is 5.91 Å². The lowest BCUT2D eigenvalue weighted by molar-refractivity contribution is -0.121. The largest absolute Gasteiger partial charge is 0.356 e. The van der Waals surface area contributed by atoms with Crippen molar-refractivity contribution in [3.8, 4) is 0 Å². The second-order valence-electron chi connectivity index (χ2n) is 6.26. The van der Waals surface area contributed by atoms with Crippen molar-refractivity contribution in [2.24, 2.45) is 5.92 Å². The van der Waals surface area contributed by atoms with Gasteiger partial charge in [-0.15, -0.1) is 0 Å². The Hall–Kier alpha value is -1.88. The van der Waals surface area contributed by atoms with Crippen molar-refractivity contribution in [2.45, 2.75) is 39.2 Å². The smallest absolute Gasteiger partial charge is 0.220 e. The van der Waals surface area contributed by atoms with E-state index in [0.717, 1.165) is 43.8 Å². The summed E-state index contributed by atoms with van der Waals surface area (Å²) >= 11 is 0. The summed E-state index contributed by atoms with van der Waals surface area (Å²) < 4.78 is 2.23. The summed E-state index contributed by atoms with van der Waals surface area (Å²) in [6.45, 7) is 5.85. The molecule has 1 atom stereocenters. The van der Waals surface area contributed by atoms with Gasteiger partial charge in [-0.05, 0) is 50.9 Å². The van der Waals surface area contributed by atoms with E-state index in [1.165, 1.54) is 11.9 Å². The fourth-order valence-corrected chi connectivity index (χ4v) is 3.37. The second-order valence-corrected chi connectivity index (χ2v) is 6.26. The maximum atomic E-state index is 12.0. The predicted molar refractivity (Wildman–Crippen MR) is 92.3 cm³/mol. The zero-order chi connectivity index (χ0) is 16.1. The van der Waals surface area contributed by atoms with Crippen LogP contribution in [0.15, 0.2) is 24.3 Å². The van der Waals surface area contributed by atoms with Crippen LogP contribution in [-0.2, 0) is 17.8 Å². The number of benzene rings is 1. The van der Waals surface area contributed by atoms with Gasteiger partial charge in [0, 0.05) is 25.9 Å². The standard InChI is InChI=1S/C18H26N4O/c1-2-22-16-6-4-3-5-15(16)21-17(22)10-12-20-18(23)8-7-14-9-11-19-13-14/h3-6,14,19H,2,7-13H2,1H3,(H,20,23). The fraction of sp³-hybridized carbons (Fsp3) is 0.556. The molecule has 1 unspecified atom stereocenters. The molecule has 124 valence electrons. The maximum Gasteiger partial charge on any atom is 0.220 e. The molecule has 2 heterocycles. The van der Waals surface area contributed by atoms with Crippen LogP contribution in [0.2, 0.25) is 0 Å². The third kappa shape index (κ3) is 3.91. The van der Waals surface area contributed by atoms with Gasteiger partial charge in [0.1, 0.15) is 5.82 Å². The zero-order valence-electron chi connectivity index (χ0n) is 13.8. The number of carbonyl (C=O) groups excluding carboxylic acids is 1. The maximum absolute atomic E-state index is 12.0. The molecule has 23 heavy (non-hydrogen) atoms. The summed E-state index contributed by atoms with van der Waals surface area (Å²) in [4.78, 5) is 16.7. The molecule has 3 rings (SSSR count). The number of para-hydroxylation sites is 2. The number of nitrogens with one attached hydrogen (secondary N) is 2. The minimum atomic E-state index is 0.163. The van der Waals surface area contributed by atoms with E-state index in [9.17, 15) is 4.79 Å². The van der Waals surface area contributed by atoms with E-state index in [4.69, 9.17) is 4.98 Å². The highest BCUT2D eigenvalue weighted by Gasteiger charge is 2.15. The van der Waals surface area contributed by atoms with Crippen LogP contribution < -0.4 is 10.6 Å². The molecular weight excluding hydrogens is 288 g/mol. The number of aromatic nitrogens is 2. The summed E-state index contributed by atoms with van der Waals surface area (Å²) in [6.07, 6.45) is 3.61. The lowest BCUT2D eigenvalue weighted by atomic mass is 10.0. The Labute approximate surface area is 137 Å². The highest BCUT2D eigenvalue weighted by Crippen LogP contribution is 2.16. The summed E-state index contributed by atoms with van der Waals surface area (Å²) in [7, 11) is 0. The molecule has 2 aromatic rings. The Balaban J connectivity index is 1.49. The first-order valence-electron chi connectivity index (χ1n) is 8.69. The van der Waals surface area contributed by atoms with E-state index >= 15 is 0 Å². The van der Waals surface area contributed by atoms with E-state index in [-0.39, 0.29) is 5.91 Å². The highest BCUT2D eigenvalue weighted by atomic mass is 16.1. The van der Waals surface area contributed by atoms with Crippen molar-refractivity contribution in [1.82, 2.24) is 20.2 Å². The monoisotopic (exact) mass is 314 g/mol. The number of nitrogens with zero attached hydrogens (tertiary/aromatic N) is 2. The van der Waals surface area contributed by atoms with Crippen molar-refractivity contribution in [1.29, 1.82) is 0 Å². The lowest BCUT2D eigenvalue weighted by Crippen LogP contribution is -2.27. The average Bonchev–Trinajstić information content (AvgIpc) is 3.20. The van der Waals surface area contributed by atoms with Gasteiger partial charge >= 0.3 is 0 Å². The van der Waals surface area contributed by atoms with E-state index in [0.29, 0.717) is 18.9 Å². The topological polar surface area (TPSA) is 59.0 Å². The molecule has 1 saturated heterocycles. The molecule has 1 amide bonds. The third-order valence-corrected chi connectivity index (χ3v) is 4.66. The molecule has 0 spiro atoms. The summed E-state index contributed by atoms with van der Waals surface area (Å²) in [5.74, 6) is 1.88. The molecule has 1 fully saturated rings. The number of fused-ring (bicyclic) bond motifs is 1. The number of amides is 1. The number of hydrogen-bond acceptors (Lipinski definition) is 3. The van der Waals surface area contributed by atoms with Gasteiger partial charge in [-0.1, -0.05) is 12.1 Å². The molecule has 0 radical (unpaired) electrons. The first-order chi connectivity index (χ1) is 11.3. The summed E-state index contributed by atoms with van der Waals surface area (Å²) in [5.41, 5.74) is 2.20. The normalized spacial score (nSPS) is 17.7. The van der Waals surface area contributed by atoms with Gasteiger partial charge in [0.25, 0.3) is 0 Å². The second kappa shape index (κ2) is 7.59. The van der Waals surface area contributed by atoms with Crippen LogP contribution in [0.5, 0.6) is 0 Å². The molecule has 1 aromatic heterocycles. The van der Waals surface area contributed by atoms with Crippen LogP contribution in [0.4, 0.5) is 0 Å². The first kappa shape index (κ1) is 16.0. The number of aryl methyl sites for hydroxylation is 1. The molecule has 2 N–H and O–H groups in total. The van der Waals surface area contributed by atoms with Crippen LogP contribution in [0.1, 0.15) is 32.0 Å². The van der Waals surface area contributed by atoms with Crippen LogP contribution in [0.25, 0.3) is 11.0 Å². The van der Waals surface area contributed by atoms with Crippen LogP contribution in [0.3, 0.4) is 0 Å². The van der Waals surface area contributed by atoms with Gasteiger partial charge in [-0.2, -0.15) is 0 Å². The molecule has 0 saturated carbocycles. The Morgan fingerprint density at radius 3 is 3.09 bits per heavy atom. The summed E-state index contributed by atoms with van der Waals surface area (Å²) in [5, 5.41) is 6.38. The zero-order valence-corrected chi connectivity index (χ0v) is 13.8. The Morgan fingerprint density at radius 1 is 1.43 bits per heavy atom. The van der Waals surface area contributed by atoms with Crippen molar-refractivity contribution >= 4 is 16.9 Å². The SMILES string of the molecule is CCn1c(CCNC(=O)CCC2CCNC2)nc2ccccc21. The number of carbonyl (C=O) groups is 1. The van der Waals surface area contributed by atoms with Crippen molar-refractivity contribution in [2.75, 3.05) is 19.6 Å². The lowest BCUT2D eigenvalue weighted by Gasteiger charge is -2.09. The van der Waals surface area contributed by atoms with Gasteiger partial charge in [-0.3, -0.25) is 4.79 Å². The fourth-order valence-electron chi connectivity index (χ4n) is 3.37. The molecule has 0 aliphatic carbocycles. The quantitative estimate of drug-likeness (QED) is 0.823. The van der Waals surface area contributed by atoms with Crippen LogP contribution in [0, 0.1) is 5.92 Å².